The number of nitrogens with zero attached hydrogens (tertiary/aromatic N) is 1. The molecule has 0 N–H and O–H groups in total. The monoisotopic (exact) mass is 347 g/mol. The summed E-state index contributed by atoms with van der Waals surface area (Å²) in [5.74, 6) is -0.365. The van der Waals surface area contributed by atoms with E-state index in [-0.39, 0.29) is 18.1 Å². The summed E-state index contributed by atoms with van der Waals surface area (Å²) in [7, 11) is -0.547. The van der Waals surface area contributed by atoms with Crippen LogP contribution in [0, 0.1) is 5.82 Å². The Kier molecular flexibility index (Phi) is 4.95. The predicted octanol–water partition coefficient (Wildman–Crippen LogP) is 2.68. The van der Waals surface area contributed by atoms with E-state index in [0.717, 1.165) is 37.8 Å². The fraction of sp³-hybridized carbons (Fsp3) is 0.632. The number of likely N-dealkylation sites (tertiary alicyclic amines) is 1. The molecule has 2 heterocycles. The van der Waals surface area contributed by atoms with Gasteiger partial charge in [-0.25, -0.2) is 4.39 Å². The van der Waals surface area contributed by atoms with Crippen molar-refractivity contribution in [2.24, 2.45) is 0 Å². The molecule has 25 heavy (non-hydrogen) atoms. The summed E-state index contributed by atoms with van der Waals surface area (Å²) >= 11 is 0. The highest BCUT2D eigenvalue weighted by molar-refractivity contribution is 6.62. The minimum atomic E-state index is -0.547. The molecule has 136 valence electrons. The van der Waals surface area contributed by atoms with E-state index < -0.39 is 18.3 Å². The lowest BCUT2D eigenvalue weighted by Gasteiger charge is -2.32. The molecule has 1 amide bonds. The number of carbonyl (C=O) groups excluding carboxylic acids is 1. The van der Waals surface area contributed by atoms with Gasteiger partial charge in [-0.2, -0.15) is 0 Å². The molecule has 0 atom stereocenters. The molecule has 0 bridgehead atoms. The molecular weight excluding hydrogens is 320 g/mol. The first-order valence-corrected chi connectivity index (χ1v) is 9.11. The third-order valence-electron chi connectivity index (χ3n) is 5.65. The smallest absolute Gasteiger partial charge is 0.399 e. The zero-order valence-electron chi connectivity index (χ0n) is 15.6. The minimum Gasteiger partial charge on any atom is -0.399 e. The summed E-state index contributed by atoms with van der Waals surface area (Å²) in [6, 6.07) is 4.78. The summed E-state index contributed by atoms with van der Waals surface area (Å²) in [5, 5.41) is 0. The van der Waals surface area contributed by atoms with Crippen LogP contribution in [0.5, 0.6) is 0 Å². The molecule has 1 aromatic rings. The number of rotatable bonds is 3. The molecule has 1 aromatic carbocycles. The second-order valence-electron chi connectivity index (χ2n) is 8.06. The molecule has 0 unspecified atom stereocenters. The highest BCUT2D eigenvalue weighted by atomic mass is 19.1. The Balaban J connectivity index is 1.76. The molecule has 2 aliphatic heterocycles. The molecule has 0 spiro atoms. The molecule has 4 nitrogen and oxygen atoms in total. The van der Waals surface area contributed by atoms with Crippen LogP contribution in [0.4, 0.5) is 4.39 Å². The number of hydrogen-bond acceptors (Lipinski definition) is 3. The van der Waals surface area contributed by atoms with E-state index in [4.69, 9.17) is 9.31 Å². The van der Waals surface area contributed by atoms with Crippen molar-refractivity contribution in [3.63, 3.8) is 0 Å². The van der Waals surface area contributed by atoms with Gasteiger partial charge in [0, 0.05) is 13.1 Å². The molecule has 0 saturated carbocycles. The fourth-order valence-corrected chi connectivity index (χ4v) is 3.27. The van der Waals surface area contributed by atoms with E-state index in [1.807, 2.05) is 32.6 Å². The Bertz CT molecular complexity index is 640. The van der Waals surface area contributed by atoms with Gasteiger partial charge in [-0.3, -0.25) is 4.79 Å². The van der Waals surface area contributed by atoms with Gasteiger partial charge in [0.15, 0.2) is 0 Å². The van der Waals surface area contributed by atoms with E-state index in [1.54, 1.807) is 12.1 Å². The summed E-state index contributed by atoms with van der Waals surface area (Å²) in [6.45, 7) is 9.48. The van der Waals surface area contributed by atoms with Crippen LogP contribution in [-0.2, 0) is 20.5 Å². The van der Waals surface area contributed by atoms with Gasteiger partial charge in [0.25, 0.3) is 0 Å². The van der Waals surface area contributed by atoms with E-state index in [2.05, 4.69) is 0 Å². The van der Waals surface area contributed by atoms with E-state index in [9.17, 15) is 9.18 Å². The van der Waals surface area contributed by atoms with Gasteiger partial charge in [0.2, 0.25) is 5.91 Å². The van der Waals surface area contributed by atoms with Crippen LogP contribution in [0.1, 0.15) is 52.5 Å². The van der Waals surface area contributed by atoms with Crippen LogP contribution in [0.3, 0.4) is 0 Å². The average molecular weight is 347 g/mol. The van der Waals surface area contributed by atoms with Crippen molar-refractivity contribution in [1.29, 1.82) is 0 Å². The Morgan fingerprint density at radius 2 is 1.72 bits per heavy atom. The maximum atomic E-state index is 14.2. The first kappa shape index (κ1) is 18.4. The second kappa shape index (κ2) is 6.73. The third-order valence-corrected chi connectivity index (χ3v) is 5.65. The quantitative estimate of drug-likeness (QED) is 0.790. The van der Waals surface area contributed by atoms with E-state index >= 15 is 0 Å². The zero-order chi connectivity index (χ0) is 18.2. The molecular formula is C19H27BFNO3. The highest BCUT2D eigenvalue weighted by Crippen LogP contribution is 2.36. The topological polar surface area (TPSA) is 38.8 Å². The van der Waals surface area contributed by atoms with Crippen LogP contribution in [0.15, 0.2) is 18.2 Å². The number of amides is 1. The molecule has 0 aromatic heterocycles. The molecule has 6 heteroatoms. The van der Waals surface area contributed by atoms with Gasteiger partial charge in [-0.05, 0) is 64.1 Å². The molecule has 0 aliphatic carbocycles. The van der Waals surface area contributed by atoms with Crippen LogP contribution in [0.2, 0.25) is 0 Å². The van der Waals surface area contributed by atoms with Crippen LogP contribution < -0.4 is 5.46 Å². The molecule has 2 saturated heterocycles. The van der Waals surface area contributed by atoms with Crippen LogP contribution in [0.25, 0.3) is 0 Å². The van der Waals surface area contributed by atoms with Gasteiger partial charge < -0.3 is 14.2 Å². The van der Waals surface area contributed by atoms with Gasteiger partial charge in [-0.15, -0.1) is 0 Å². The average Bonchev–Trinajstić information content (AvgIpc) is 2.78. The third kappa shape index (κ3) is 3.75. The van der Waals surface area contributed by atoms with Crippen molar-refractivity contribution in [2.45, 2.75) is 64.6 Å². The minimum absolute atomic E-state index is 0.00957. The summed E-state index contributed by atoms with van der Waals surface area (Å²) in [4.78, 5) is 14.3. The molecule has 0 radical (unpaired) electrons. The van der Waals surface area contributed by atoms with Crippen molar-refractivity contribution in [1.82, 2.24) is 4.90 Å². The van der Waals surface area contributed by atoms with E-state index in [1.165, 1.54) is 6.07 Å². The summed E-state index contributed by atoms with van der Waals surface area (Å²) < 4.78 is 26.3. The lowest BCUT2D eigenvalue weighted by molar-refractivity contribution is -0.131. The molecule has 2 fully saturated rings. The lowest BCUT2D eigenvalue weighted by Crippen LogP contribution is -2.41. The van der Waals surface area contributed by atoms with Crippen molar-refractivity contribution in [3.05, 3.63) is 29.6 Å². The first-order valence-electron chi connectivity index (χ1n) is 9.11. The molecule has 3 rings (SSSR count). The first-order chi connectivity index (χ1) is 11.7. The zero-order valence-corrected chi connectivity index (χ0v) is 15.6. The summed E-state index contributed by atoms with van der Waals surface area (Å²) in [5.41, 5.74) is 0.260. The lowest BCUT2D eigenvalue weighted by atomic mass is 9.78. The van der Waals surface area contributed by atoms with Crippen molar-refractivity contribution in [3.8, 4) is 0 Å². The number of halogens is 1. The maximum absolute atomic E-state index is 14.2. The predicted molar refractivity (Wildman–Crippen MR) is 96.3 cm³/mol. The standard InChI is InChI=1S/C19H27BFNO3/c1-18(2)19(3,4)25-20(24-18)15-8-9-16(21)14(12-15)13-17(23)22-10-6-5-7-11-22/h8-9,12H,5-7,10-11,13H2,1-4H3. The maximum Gasteiger partial charge on any atom is 0.494 e. The van der Waals surface area contributed by atoms with Gasteiger partial charge in [0.05, 0.1) is 17.6 Å². The normalized spacial score (nSPS) is 22.3. The van der Waals surface area contributed by atoms with Crippen molar-refractivity contribution in [2.75, 3.05) is 13.1 Å². The van der Waals surface area contributed by atoms with Crippen molar-refractivity contribution >= 4 is 18.5 Å². The fourth-order valence-electron chi connectivity index (χ4n) is 3.27. The second-order valence-corrected chi connectivity index (χ2v) is 8.06. The van der Waals surface area contributed by atoms with Crippen LogP contribution in [-0.4, -0.2) is 42.2 Å². The highest BCUT2D eigenvalue weighted by Gasteiger charge is 2.51. The van der Waals surface area contributed by atoms with Gasteiger partial charge in [0.1, 0.15) is 5.82 Å². The van der Waals surface area contributed by atoms with E-state index in [0.29, 0.717) is 5.56 Å². The van der Waals surface area contributed by atoms with Gasteiger partial charge in [-0.1, -0.05) is 12.1 Å². The Hall–Kier alpha value is -1.40. The molecule has 2 aliphatic rings. The Morgan fingerprint density at radius 1 is 1.12 bits per heavy atom. The van der Waals surface area contributed by atoms with Crippen LogP contribution >= 0.6 is 0 Å². The Labute approximate surface area is 149 Å². The largest absolute Gasteiger partial charge is 0.494 e. The SMILES string of the molecule is CC1(C)OB(c2ccc(F)c(CC(=O)N3CCCCC3)c2)OC1(C)C. The number of piperidine rings is 1. The van der Waals surface area contributed by atoms with Crippen molar-refractivity contribution < 1.29 is 18.5 Å². The summed E-state index contributed by atoms with van der Waals surface area (Å²) in [6.07, 6.45) is 3.30. The number of benzene rings is 1. The van der Waals surface area contributed by atoms with Gasteiger partial charge >= 0.3 is 7.12 Å². The number of carbonyl (C=O) groups is 1. The Morgan fingerprint density at radius 3 is 2.32 bits per heavy atom. The number of hydrogen-bond donors (Lipinski definition) is 0.